The third kappa shape index (κ3) is 5.38. The Morgan fingerprint density at radius 2 is 1.88 bits per heavy atom. The van der Waals surface area contributed by atoms with E-state index in [-0.39, 0.29) is 33.0 Å². The first kappa shape index (κ1) is 23.3. The molecule has 4 rings (SSSR count). The van der Waals surface area contributed by atoms with Gasteiger partial charge in [0.2, 0.25) is 0 Å². The van der Waals surface area contributed by atoms with Crippen molar-refractivity contribution in [2.75, 3.05) is 0 Å². The average Bonchev–Trinajstić information content (AvgIpc) is 3.03. The number of carbonyl (C=O) groups is 3. The van der Waals surface area contributed by atoms with Gasteiger partial charge in [0.1, 0.15) is 5.75 Å². The number of imide groups is 1. The van der Waals surface area contributed by atoms with E-state index in [0.717, 1.165) is 27.4 Å². The van der Waals surface area contributed by atoms with E-state index in [2.05, 4.69) is 15.9 Å². The van der Waals surface area contributed by atoms with Gasteiger partial charge in [0.15, 0.2) is 0 Å². The molecule has 2 amide bonds. The Bertz CT molecular complexity index is 1310. The van der Waals surface area contributed by atoms with Crippen molar-refractivity contribution in [1.82, 2.24) is 4.90 Å². The van der Waals surface area contributed by atoms with Crippen LogP contribution in [0, 0.1) is 6.92 Å². The molecule has 0 unspecified atom stereocenters. The van der Waals surface area contributed by atoms with Crippen molar-refractivity contribution in [2.24, 2.45) is 0 Å². The van der Waals surface area contributed by atoms with Crippen molar-refractivity contribution in [3.8, 4) is 5.75 Å². The van der Waals surface area contributed by atoms with Gasteiger partial charge in [-0.2, -0.15) is 0 Å². The third-order valence-electron chi connectivity index (χ3n) is 4.85. The van der Waals surface area contributed by atoms with Crippen LogP contribution in [0.3, 0.4) is 0 Å². The Morgan fingerprint density at radius 3 is 2.64 bits per heavy atom. The van der Waals surface area contributed by atoms with Crippen LogP contribution in [0.25, 0.3) is 6.08 Å². The van der Waals surface area contributed by atoms with E-state index in [9.17, 15) is 14.4 Å². The summed E-state index contributed by atoms with van der Waals surface area (Å²) in [4.78, 5) is 39.6. The number of esters is 1. The molecule has 0 spiro atoms. The van der Waals surface area contributed by atoms with Gasteiger partial charge in [0.25, 0.3) is 11.1 Å². The largest absolute Gasteiger partial charge is 0.422 e. The monoisotopic (exact) mass is 541 g/mol. The zero-order chi connectivity index (χ0) is 23.5. The summed E-state index contributed by atoms with van der Waals surface area (Å²) in [5.74, 6) is -0.770. The van der Waals surface area contributed by atoms with Crippen LogP contribution in [0.4, 0.5) is 4.79 Å². The molecule has 0 N–H and O–H groups in total. The molecule has 1 fully saturated rings. The summed E-state index contributed by atoms with van der Waals surface area (Å²) in [5, 5.41) is -0.0733. The van der Waals surface area contributed by atoms with Crippen LogP contribution >= 0.6 is 39.3 Å². The fourth-order valence-electron chi connectivity index (χ4n) is 3.28. The number of hydrogen-bond acceptors (Lipinski definition) is 5. The van der Waals surface area contributed by atoms with Gasteiger partial charge in [-0.15, -0.1) is 0 Å². The number of amides is 2. The lowest BCUT2D eigenvalue weighted by molar-refractivity contribution is -0.123. The Morgan fingerprint density at radius 1 is 1.09 bits per heavy atom. The molecule has 0 atom stereocenters. The van der Waals surface area contributed by atoms with Gasteiger partial charge < -0.3 is 4.74 Å². The summed E-state index contributed by atoms with van der Waals surface area (Å²) in [6, 6.07) is 19.3. The standard InChI is InChI=1S/C25H17BrClNO4S/c1-15-5-4-6-16(11-15)14-28-23(29)22(33-25(28)31)13-17-12-18(26)9-10-21(17)32-24(30)19-7-2-3-8-20(19)27/h2-13H,14H2,1H3/b22-13-. The zero-order valence-corrected chi connectivity index (χ0v) is 20.5. The molecular weight excluding hydrogens is 526 g/mol. The van der Waals surface area contributed by atoms with E-state index in [1.807, 2.05) is 31.2 Å². The van der Waals surface area contributed by atoms with Gasteiger partial charge in [-0.3, -0.25) is 14.5 Å². The van der Waals surface area contributed by atoms with E-state index < -0.39 is 11.9 Å². The van der Waals surface area contributed by atoms with Crippen LogP contribution in [0.2, 0.25) is 5.02 Å². The molecule has 0 radical (unpaired) electrons. The van der Waals surface area contributed by atoms with Crippen LogP contribution in [-0.2, 0) is 11.3 Å². The van der Waals surface area contributed by atoms with Crippen molar-refractivity contribution in [3.05, 3.63) is 103 Å². The average molecular weight is 543 g/mol. The molecule has 3 aromatic carbocycles. The molecule has 1 aliphatic heterocycles. The van der Waals surface area contributed by atoms with Crippen LogP contribution in [0.5, 0.6) is 5.75 Å². The maximum absolute atomic E-state index is 13.0. The molecule has 1 aliphatic rings. The van der Waals surface area contributed by atoms with Gasteiger partial charge in [0, 0.05) is 10.0 Å². The number of halogens is 2. The SMILES string of the molecule is Cc1cccc(CN2C(=O)S/C(=C\c3cc(Br)ccc3OC(=O)c3ccccc3Cl)C2=O)c1. The predicted octanol–water partition coefficient (Wildman–Crippen LogP) is 6.87. The fourth-order valence-corrected chi connectivity index (χ4v) is 4.70. The van der Waals surface area contributed by atoms with E-state index in [1.165, 1.54) is 4.90 Å². The second-order valence-corrected chi connectivity index (χ2v) is 9.62. The molecule has 8 heteroatoms. The molecule has 0 bridgehead atoms. The second kappa shape index (κ2) is 9.95. The number of aryl methyl sites for hydroxylation is 1. The lowest BCUT2D eigenvalue weighted by Gasteiger charge is -2.13. The molecule has 5 nitrogen and oxygen atoms in total. The van der Waals surface area contributed by atoms with Crippen molar-refractivity contribution in [3.63, 3.8) is 0 Å². The van der Waals surface area contributed by atoms with Crippen molar-refractivity contribution in [2.45, 2.75) is 13.5 Å². The predicted molar refractivity (Wildman–Crippen MR) is 133 cm³/mol. The first-order valence-corrected chi connectivity index (χ1v) is 11.9. The van der Waals surface area contributed by atoms with E-state index in [0.29, 0.717) is 5.56 Å². The van der Waals surface area contributed by atoms with E-state index in [4.69, 9.17) is 16.3 Å². The lowest BCUT2D eigenvalue weighted by Crippen LogP contribution is -2.27. The van der Waals surface area contributed by atoms with Crippen LogP contribution in [0.1, 0.15) is 27.0 Å². The van der Waals surface area contributed by atoms with Crippen LogP contribution < -0.4 is 4.74 Å². The minimum absolute atomic E-state index is 0.191. The summed E-state index contributed by atoms with van der Waals surface area (Å²) in [6.07, 6.45) is 1.56. The first-order valence-electron chi connectivity index (χ1n) is 9.89. The maximum atomic E-state index is 13.0. The molecular formula is C25H17BrClNO4S. The van der Waals surface area contributed by atoms with Crippen molar-refractivity contribution >= 4 is 62.5 Å². The Kier molecular flexibility index (Phi) is 7.02. The molecule has 33 heavy (non-hydrogen) atoms. The first-order chi connectivity index (χ1) is 15.8. The lowest BCUT2D eigenvalue weighted by atomic mass is 10.1. The highest BCUT2D eigenvalue weighted by Crippen LogP contribution is 2.36. The van der Waals surface area contributed by atoms with E-state index >= 15 is 0 Å². The highest BCUT2D eigenvalue weighted by atomic mass is 79.9. The fraction of sp³-hybridized carbons (Fsp3) is 0.0800. The molecule has 0 aliphatic carbocycles. The van der Waals surface area contributed by atoms with Gasteiger partial charge in [-0.05, 0) is 60.7 Å². The molecule has 0 aromatic heterocycles. The number of thioether (sulfide) groups is 1. The van der Waals surface area contributed by atoms with Gasteiger partial charge >= 0.3 is 5.97 Å². The minimum Gasteiger partial charge on any atom is -0.422 e. The summed E-state index contributed by atoms with van der Waals surface area (Å²) >= 11 is 10.4. The Hall–Kier alpha value is -2.87. The molecule has 0 saturated carbocycles. The summed E-state index contributed by atoms with van der Waals surface area (Å²) in [5.41, 5.74) is 2.63. The molecule has 1 saturated heterocycles. The second-order valence-electron chi connectivity index (χ2n) is 7.31. The number of ether oxygens (including phenoxy) is 1. The summed E-state index contributed by atoms with van der Waals surface area (Å²) in [7, 11) is 0. The van der Waals surface area contributed by atoms with Crippen LogP contribution in [0.15, 0.2) is 76.1 Å². The third-order valence-corrected chi connectivity index (χ3v) is 6.58. The minimum atomic E-state index is -0.620. The Balaban J connectivity index is 1.60. The quantitative estimate of drug-likeness (QED) is 0.200. The number of carbonyl (C=O) groups excluding carboxylic acids is 3. The number of nitrogens with zero attached hydrogens (tertiary/aromatic N) is 1. The smallest absolute Gasteiger partial charge is 0.345 e. The number of rotatable bonds is 5. The summed E-state index contributed by atoms with van der Waals surface area (Å²) < 4.78 is 6.29. The van der Waals surface area contributed by atoms with Gasteiger partial charge in [0.05, 0.1) is 22.0 Å². The highest BCUT2D eigenvalue weighted by Gasteiger charge is 2.35. The normalized spacial score (nSPS) is 14.8. The van der Waals surface area contributed by atoms with Crippen molar-refractivity contribution in [1.29, 1.82) is 0 Å². The van der Waals surface area contributed by atoms with Gasteiger partial charge in [-0.25, -0.2) is 4.79 Å². The molecule has 3 aromatic rings. The highest BCUT2D eigenvalue weighted by molar-refractivity contribution is 9.10. The summed E-state index contributed by atoms with van der Waals surface area (Å²) in [6.45, 7) is 2.15. The van der Waals surface area contributed by atoms with Crippen molar-refractivity contribution < 1.29 is 19.1 Å². The Labute approximate surface area is 208 Å². The van der Waals surface area contributed by atoms with E-state index in [1.54, 1.807) is 48.5 Å². The number of benzene rings is 3. The zero-order valence-electron chi connectivity index (χ0n) is 17.4. The molecule has 166 valence electrons. The molecule has 1 heterocycles. The number of hydrogen-bond donors (Lipinski definition) is 0. The topological polar surface area (TPSA) is 63.7 Å². The van der Waals surface area contributed by atoms with Crippen LogP contribution in [-0.4, -0.2) is 22.0 Å². The van der Waals surface area contributed by atoms with Gasteiger partial charge in [-0.1, -0.05) is 69.5 Å². The maximum Gasteiger partial charge on any atom is 0.345 e.